The molecule has 0 saturated heterocycles. The number of nitrogens with one attached hydrogen (secondary N) is 5. The molecule has 31 nitrogen and oxygen atoms in total. The van der Waals surface area contributed by atoms with E-state index in [4.69, 9.17) is 42.1 Å². The Hall–Kier alpha value is -7.99. The van der Waals surface area contributed by atoms with Gasteiger partial charge in [-0.25, -0.2) is 52.9 Å². The summed E-state index contributed by atoms with van der Waals surface area (Å²) in [5.41, 5.74) is -2.98. The Morgan fingerprint density at radius 1 is 0.422 bits per heavy atom. The maximum atomic E-state index is 11.7. The molecule has 3 unspecified atom stereocenters. The maximum Gasteiger partial charge on any atom is 0.549 e. The van der Waals surface area contributed by atoms with Crippen molar-refractivity contribution in [3.63, 3.8) is 0 Å². The van der Waals surface area contributed by atoms with E-state index in [2.05, 4.69) is 216 Å². The van der Waals surface area contributed by atoms with Crippen LogP contribution in [0.5, 0.6) is 0 Å². The van der Waals surface area contributed by atoms with E-state index in [1.165, 1.54) is 96.1 Å². The van der Waals surface area contributed by atoms with Gasteiger partial charge in [-0.2, -0.15) is 36.2 Å². The Labute approximate surface area is 841 Å². The van der Waals surface area contributed by atoms with Gasteiger partial charge in [-0.05, 0) is 177 Å². The van der Waals surface area contributed by atoms with Gasteiger partial charge >= 0.3 is 69.6 Å². The van der Waals surface area contributed by atoms with Crippen LogP contribution in [-0.2, 0) is 80.3 Å². The first kappa shape index (κ1) is 133. The van der Waals surface area contributed by atoms with Gasteiger partial charge in [0, 0.05) is 62.1 Å². The fraction of sp³-hybridized carbons (Fsp3) is 0.538. The first-order chi connectivity index (χ1) is 63.4. The average molecular weight is 2090 g/mol. The molecular formula is C93H144N7O24PS9Si. The van der Waals surface area contributed by atoms with Crippen LogP contribution in [0.3, 0.4) is 0 Å². The van der Waals surface area contributed by atoms with Crippen LogP contribution in [0.4, 0.5) is 29.7 Å². The normalized spacial score (nSPS) is 12.6. The molecule has 0 spiro atoms. The van der Waals surface area contributed by atoms with E-state index in [1.807, 2.05) is 30.4 Å². The molecule has 0 fully saturated rings. The van der Waals surface area contributed by atoms with Gasteiger partial charge in [-0.1, -0.05) is 222 Å². The summed E-state index contributed by atoms with van der Waals surface area (Å²) in [7, 11) is 14.0. The lowest BCUT2D eigenvalue weighted by Crippen LogP contribution is -2.45. The van der Waals surface area contributed by atoms with Crippen LogP contribution in [0.1, 0.15) is 171 Å². The van der Waals surface area contributed by atoms with Crippen molar-refractivity contribution in [2.45, 2.75) is 250 Å². The van der Waals surface area contributed by atoms with Crippen LogP contribution < -0.4 is 42.5 Å². The van der Waals surface area contributed by atoms with E-state index in [-0.39, 0.29) is 11.4 Å². The second kappa shape index (κ2) is 77.9. The molecule has 8 atom stereocenters. The van der Waals surface area contributed by atoms with E-state index in [0.29, 0.717) is 38.8 Å². The van der Waals surface area contributed by atoms with Crippen molar-refractivity contribution in [3.8, 4) is 0 Å². The largest absolute Gasteiger partial charge is 0.549 e. The second-order valence-corrected chi connectivity index (χ2v) is 44.8. The van der Waals surface area contributed by atoms with Gasteiger partial charge in [0.15, 0.2) is 0 Å². The predicted molar refractivity (Wildman–Crippen MR) is 563 cm³/mol. The van der Waals surface area contributed by atoms with Crippen molar-refractivity contribution < 1.29 is 109 Å². The third-order valence-corrected chi connectivity index (χ3v) is 28.4. The maximum absolute atomic E-state index is 11.7. The number of hydrogen-bond acceptors (Lipinski definition) is 34. The summed E-state index contributed by atoms with van der Waals surface area (Å²) in [5.74, 6) is 0.977. The number of pyridine rings is 1. The minimum absolute atomic E-state index is 0.0186. The van der Waals surface area contributed by atoms with E-state index >= 15 is 0 Å². The summed E-state index contributed by atoms with van der Waals surface area (Å²) >= 11 is 7.02. The molecule has 1 aromatic heterocycles. The third kappa shape index (κ3) is 73.8. The topological polar surface area (TPSA) is 413 Å². The van der Waals surface area contributed by atoms with Crippen molar-refractivity contribution in [1.82, 2.24) is 31.6 Å². The molecule has 5 N–H and O–H groups in total. The highest BCUT2D eigenvalue weighted by molar-refractivity contribution is 8.77. The minimum Gasteiger partial charge on any atom is -0.467 e. The number of hydrogen-bond donors (Lipinski definition) is 6. The summed E-state index contributed by atoms with van der Waals surface area (Å²) in [6, 6.07) is 31.8. The number of alkyl carbamates (subject to hydrolysis) is 5. The van der Waals surface area contributed by atoms with Crippen LogP contribution in [0.25, 0.3) is 0 Å². The van der Waals surface area contributed by atoms with Crippen molar-refractivity contribution in [2.75, 3.05) is 75.8 Å². The highest BCUT2D eigenvalue weighted by Gasteiger charge is 2.31. The van der Waals surface area contributed by atoms with Gasteiger partial charge < -0.3 is 74.0 Å². The number of nitro groups is 1. The van der Waals surface area contributed by atoms with Crippen molar-refractivity contribution in [1.29, 1.82) is 0 Å². The van der Waals surface area contributed by atoms with Gasteiger partial charge in [0.05, 0.1) is 40.5 Å². The quantitative estimate of drug-likeness (QED) is 0.00229. The van der Waals surface area contributed by atoms with E-state index in [1.54, 1.807) is 166 Å². The number of allylic oxidation sites excluding steroid dienone is 2. The van der Waals surface area contributed by atoms with Crippen molar-refractivity contribution in [3.05, 3.63) is 182 Å². The molecule has 4 rings (SSSR count). The van der Waals surface area contributed by atoms with Crippen molar-refractivity contribution >= 4 is 200 Å². The number of ether oxygens (including phenoxy) is 10. The van der Waals surface area contributed by atoms with Gasteiger partial charge in [-0.15, -0.1) is 19.7 Å². The van der Waals surface area contributed by atoms with Gasteiger partial charge in [0.1, 0.15) is 69.4 Å². The number of nitrogens with zero attached hydrogens (tertiary/aromatic N) is 2. The minimum atomic E-state index is -1.42. The smallest absolute Gasteiger partial charge is 0.467 e. The molecule has 135 heavy (non-hydrogen) atoms. The number of amides is 5. The summed E-state index contributed by atoms with van der Waals surface area (Å²) in [6.45, 7) is 48.0. The number of methoxy groups -OCH3 is 5. The summed E-state index contributed by atoms with van der Waals surface area (Å²) < 4.78 is 65.6. The molecule has 0 aliphatic heterocycles. The third-order valence-electron chi connectivity index (χ3n) is 14.9. The first-order valence-electron chi connectivity index (χ1n) is 42.6. The summed E-state index contributed by atoms with van der Waals surface area (Å²) in [6.07, 6.45) is 16.8. The lowest BCUT2D eigenvalue weighted by atomic mass is 10.2. The molecule has 0 radical (unpaired) electrons. The average Bonchev–Trinajstić information content (AvgIpc) is 0.817. The molecule has 0 aliphatic carbocycles. The van der Waals surface area contributed by atoms with E-state index in [9.17, 15) is 58.1 Å². The fourth-order valence-electron chi connectivity index (χ4n) is 8.82. The SMILES string of the molecule is C=CC(CC)SSC[C@H](NC(=O)OC(C)(C)C)C(=O)OC.C=CC(CC)SSC[C@H](NC(=O)OC(C)(C)C)C(=O)OC.C=CC(CC)SSc1ccc([N+](=O)[O-])cn1.CC/C=C/CSC[C@H](NC(=O)OC(C)(C)C)C(=O)OC.CC/C=C/CSC[C@H](NC(=O)OC(C)(C)C)C(=O)OC.COC(=O)[C@H](CS)NC(=O)OC(C)(C)C.O=[Si]=O.c1ccc(P(c2ccccc2)c2ccccc2)cc1. The summed E-state index contributed by atoms with van der Waals surface area (Å²) in [5, 5.41) is 28.9. The molecule has 1 heterocycles. The first-order valence-corrected chi connectivity index (χ1v) is 54.7. The zero-order chi connectivity index (χ0) is 104. The van der Waals surface area contributed by atoms with Gasteiger partial charge in [0.2, 0.25) is 0 Å². The van der Waals surface area contributed by atoms with Crippen LogP contribution >= 0.6 is 109 Å². The molecule has 3 aromatic carbocycles. The summed E-state index contributed by atoms with van der Waals surface area (Å²) in [4.78, 5) is 130. The number of aromatic nitrogens is 1. The fourth-order valence-corrected chi connectivity index (χ4v) is 20.6. The highest BCUT2D eigenvalue weighted by Crippen LogP contribution is 2.36. The predicted octanol–water partition coefficient (Wildman–Crippen LogP) is 19.8. The Balaban J connectivity index is -0.000000739. The standard InChI is InChI=1S/C18H15P.2C14H25NO4S2.2C14H25NO4S.C10H12N2O2S2.C9H17NO4S.O2Si/c1-4-10-16(11-5-1)19(17-12-6-2-7-13-17)18-14-8-3-9-15-18;2*1-7-10(8-2)21-20-9-11(12(16)18-6)15-13(17)19-14(3,4)5;2*1-6-7-8-9-20-10-11(12(16)18-5)15-13(17)19-14(2,3)4;1-3-9(4-2)15-16-10-6-5-8(7-11-10)12(13)14;1-9(2,3)14-8(12)10-6(5-15)7(11)13-4;1-3-2/h1-15H;2*7,10-11H,1,8-9H2,2-6H3,(H,15,17);2*7-8,11H,6,9-10H2,1-5H3,(H,15,17);3,5-7,9H,1,4H2,2H3;6,15H,5H2,1-4H3,(H,10,12);/b;;;2*8-7+;;;/t;2*10?,11-;2*11-;;6-;/m.0000.0./s1. The number of esters is 5. The van der Waals surface area contributed by atoms with Crippen molar-refractivity contribution in [2.24, 2.45) is 0 Å². The number of rotatable bonds is 42. The van der Waals surface area contributed by atoms with Crippen LogP contribution in [0.15, 0.2) is 177 Å². The molecule has 4 aromatic rings. The molecule has 0 saturated carbocycles. The second-order valence-electron chi connectivity index (χ2n) is 32.2. The highest BCUT2D eigenvalue weighted by atomic mass is 33.1. The molecular weight excluding hydrogens is 1950 g/mol. The van der Waals surface area contributed by atoms with E-state index < -0.39 is 141 Å². The van der Waals surface area contributed by atoms with Gasteiger partial charge in [-0.3, -0.25) is 19.0 Å². The zero-order valence-corrected chi connectivity index (χ0v) is 91.8. The lowest BCUT2D eigenvalue weighted by molar-refractivity contribution is -0.385. The molecule has 0 aliphatic rings. The Bertz CT molecular complexity index is 3920. The van der Waals surface area contributed by atoms with Gasteiger partial charge in [0.25, 0.3) is 5.69 Å². The molecule has 42 heteroatoms. The molecule has 5 amide bonds. The van der Waals surface area contributed by atoms with Crippen LogP contribution in [0, 0.1) is 10.1 Å². The van der Waals surface area contributed by atoms with Crippen LogP contribution in [-0.4, -0.2) is 229 Å². The Kier molecular flexibility index (Phi) is 76.9. The Morgan fingerprint density at radius 2 is 0.681 bits per heavy atom. The lowest BCUT2D eigenvalue weighted by Gasteiger charge is -2.22. The number of carbonyl (C=O) groups is 10. The van der Waals surface area contributed by atoms with Crippen LogP contribution in [0.2, 0.25) is 0 Å². The molecule has 0 bridgehead atoms. The number of carbonyl (C=O) groups excluding carboxylic acids is 10. The molecule has 758 valence electrons. The van der Waals surface area contributed by atoms with E-state index in [0.717, 1.165) is 48.6 Å². The number of thioether (sulfide) groups is 2. The monoisotopic (exact) mass is 2090 g/mol. The number of benzene rings is 3. The Morgan fingerprint density at radius 3 is 0.904 bits per heavy atom. The number of thiol groups is 1. The zero-order valence-electron chi connectivity index (χ0n) is 82.5.